The molecule has 1 saturated heterocycles. The van der Waals surface area contributed by atoms with E-state index in [1.54, 1.807) is 0 Å². The molecule has 1 fully saturated rings. The number of hydrogen-bond acceptors (Lipinski definition) is 4. The van der Waals surface area contributed by atoms with Crippen molar-refractivity contribution < 1.29 is 9.47 Å². The zero-order chi connectivity index (χ0) is 13.4. The fourth-order valence-corrected chi connectivity index (χ4v) is 1.99. The molecule has 1 heterocycles. The van der Waals surface area contributed by atoms with Crippen LogP contribution in [0, 0.1) is 0 Å². The van der Waals surface area contributed by atoms with Crippen molar-refractivity contribution in [2.45, 2.75) is 32.9 Å². The summed E-state index contributed by atoms with van der Waals surface area (Å²) < 4.78 is 11.2. The molecule has 1 atom stereocenters. The molecule has 1 rings (SSSR count). The molecule has 4 heteroatoms. The first-order valence-electron chi connectivity index (χ1n) is 6.88. The smallest absolute Gasteiger partial charge is 0.0826 e. The molecule has 0 aliphatic carbocycles. The molecule has 1 aliphatic rings. The highest BCUT2D eigenvalue weighted by atomic mass is 16.5. The van der Waals surface area contributed by atoms with Crippen LogP contribution in [0.15, 0.2) is 12.2 Å². The van der Waals surface area contributed by atoms with Gasteiger partial charge in [-0.25, -0.2) is 0 Å². The minimum atomic E-state index is 0.308. The van der Waals surface area contributed by atoms with Crippen LogP contribution >= 0.6 is 0 Å². The van der Waals surface area contributed by atoms with Crippen LogP contribution in [0.2, 0.25) is 0 Å². The van der Waals surface area contributed by atoms with Gasteiger partial charge in [0.2, 0.25) is 0 Å². The Bertz CT molecular complexity index is 244. The van der Waals surface area contributed by atoms with Crippen LogP contribution in [0.1, 0.15) is 20.8 Å². The fraction of sp³-hybridized carbons (Fsp3) is 0.857. The molecular weight excluding hydrogens is 228 g/mol. The Hall–Kier alpha value is -0.420. The zero-order valence-electron chi connectivity index (χ0n) is 12.1. The molecule has 1 N–H and O–H groups in total. The van der Waals surface area contributed by atoms with Crippen molar-refractivity contribution in [2.24, 2.45) is 0 Å². The average Bonchev–Trinajstić information content (AvgIpc) is 2.33. The van der Waals surface area contributed by atoms with E-state index in [1.807, 2.05) is 6.92 Å². The third-order valence-electron chi connectivity index (χ3n) is 3.04. The van der Waals surface area contributed by atoms with E-state index < -0.39 is 0 Å². The van der Waals surface area contributed by atoms with Gasteiger partial charge in [-0.05, 0) is 20.8 Å². The van der Waals surface area contributed by atoms with Gasteiger partial charge in [-0.2, -0.15) is 0 Å². The lowest BCUT2D eigenvalue weighted by atomic mass is 10.2. The maximum atomic E-state index is 5.74. The van der Waals surface area contributed by atoms with Gasteiger partial charge in [-0.1, -0.05) is 12.2 Å². The maximum Gasteiger partial charge on any atom is 0.0826 e. The van der Waals surface area contributed by atoms with Gasteiger partial charge in [0.15, 0.2) is 0 Å². The molecule has 1 unspecified atom stereocenters. The molecule has 0 bridgehead atoms. The summed E-state index contributed by atoms with van der Waals surface area (Å²) in [5.41, 5.74) is 1.07. The van der Waals surface area contributed by atoms with Crippen molar-refractivity contribution in [3.8, 4) is 0 Å². The Morgan fingerprint density at radius 3 is 3.00 bits per heavy atom. The molecule has 18 heavy (non-hydrogen) atoms. The van der Waals surface area contributed by atoms with Gasteiger partial charge in [-0.3, -0.25) is 4.90 Å². The summed E-state index contributed by atoms with van der Waals surface area (Å²) in [6.07, 6.45) is 0.308. The third-order valence-corrected chi connectivity index (χ3v) is 3.04. The number of hydrogen-bond donors (Lipinski definition) is 1. The van der Waals surface area contributed by atoms with Gasteiger partial charge in [0.1, 0.15) is 0 Å². The largest absolute Gasteiger partial charge is 0.376 e. The molecule has 4 nitrogen and oxygen atoms in total. The van der Waals surface area contributed by atoms with E-state index in [-0.39, 0.29) is 0 Å². The van der Waals surface area contributed by atoms with Crippen LogP contribution in [0.3, 0.4) is 0 Å². The molecule has 0 amide bonds. The lowest BCUT2D eigenvalue weighted by Crippen LogP contribution is -2.49. The first-order valence-corrected chi connectivity index (χ1v) is 6.88. The second-order valence-corrected chi connectivity index (χ2v) is 5.30. The SMILES string of the molecule is C=C(C)COCCNCC1CN(C(C)C)CCO1. The fourth-order valence-electron chi connectivity index (χ4n) is 1.99. The number of ether oxygens (including phenoxy) is 2. The molecule has 106 valence electrons. The highest BCUT2D eigenvalue weighted by Gasteiger charge is 2.21. The molecule has 0 aromatic heterocycles. The Balaban J connectivity index is 2.03. The van der Waals surface area contributed by atoms with Crippen LogP contribution in [-0.4, -0.2) is 63.0 Å². The van der Waals surface area contributed by atoms with Crippen LogP contribution in [-0.2, 0) is 9.47 Å². The van der Waals surface area contributed by atoms with Crippen LogP contribution in [0.5, 0.6) is 0 Å². The molecule has 0 aromatic carbocycles. The van der Waals surface area contributed by atoms with Crippen molar-refractivity contribution in [1.82, 2.24) is 10.2 Å². The monoisotopic (exact) mass is 256 g/mol. The summed E-state index contributed by atoms with van der Waals surface area (Å²) in [7, 11) is 0. The van der Waals surface area contributed by atoms with E-state index in [0.717, 1.165) is 45.0 Å². The number of nitrogens with zero attached hydrogens (tertiary/aromatic N) is 1. The van der Waals surface area contributed by atoms with Gasteiger partial charge >= 0.3 is 0 Å². The van der Waals surface area contributed by atoms with Gasteiger partial charge in [0, 0.05) is 32.2 Å². The average molecular weight is 256 g/mol. The van der Waals surface area contributed by atoms with Crippen molar-refractivity contribution in [1.29, 1.82) is 0 Å². The van der Waals surface area contributed by atoms with Gasteiger partial charge < -0.3 is 14.8 Å². The quantitative estimate of drug-likeness (QED) is 0.524. The van der Waals surface area contributed by atoms with Crippen molar-refractivity contribution in [2.75, 3.05) is 46.0 Å². The van der Waals surface area contributed by atoms with E-state index in [2.05, 4.69) is 30.6 Å². The summed E-state index contributed by atoms with van der Waals surface area (Å²) in [4.78, 5) is 2.47. The van der Waals surface area contributed by atoms with E-state index in [4.69, 9.17) is 9.47 Å². The lowest BCUT2D eigenvalue weighted by Gasteiger charge is -2.35. The van der Waals surface area contributed by atoms with Gasteiger partial charge in [0.25, 0.3) is 0 Å². The van der Waals surface area contributed by atoms with E-state index >= 15 is 0 Å². The first-order chi connectivity index (χ1) is 8.59. The Kier molecular flexibility index (Phi) is 7.51. The third kappa shape index (κ3) is 6.50. The molecule has 0 radical (unpaired) electrons. The Morgan fingerprint density at radius 1 is 1.56 bits per heavy atom. The summed E-state index contributed by atoms with van der Waals surface area (Å²) in [6.45, 7) is 16.3. The maximum absolute atomic E-state index is 5.74. The first kappa shape index (κ1) is 15.6. The van der Waals surface area contributed by atoms with Gasteiger partial charge in [0.05, 0.1) is 25.9 Å². The Morgan fingerprint density at radius 2 is 2.33 bits per heavy atom. The zero-order valence-corrected chi connectivity index (χ0v) is 12.1. The van der Waals surface area contributed by atoms with E-state index in [0.29, 0.717) is 18.8 Å². The highest BCUT2D eigenvalue weighted by Crippen LogP contribution is 2.07. The van der Waals surface area contributed by atoms with E-state index in [9.17, 15) is 0 Å². The predicted octanol–water partition coefficient (Wildman–Crippen LogP) is 1.28. The normalized spacial score (nSPS) is 21.4. The second kappa shape index (κ2) is 8.64. The van der Waals surface area contributed by atoms with E-state index in [1.165, 1.54) is 0 Å². The number of morpholine rings is 1. The molecule has 1 aliphatic heterocycles. The van der Waals surface area contributed by atoms with Crippen LogP contribution in [0.25, 0.3) is 0 Å². The minimum absolute atomic E-state index is 0.308. The summed E-state index contributed by atoms with van der Waals surface area (Å²) in [5, 5.41) is 3.38. The van der Waals surface area contributed by atoms with Crippen molar-refractivity contribution in [3.05, 3.63) is 12.2 Å². The minimum Gasteiger partial charge on any atom is -0.376 e. The summed E-state index contributed by atoms with van der Waals surface area (Å²) in [5.74, 6) is 0. The highest BCUT2D eigenvalue weighted by molar-refractivity contribution is 4.87. The number of nitrogens with one attached hydrogen (secondary N) is 1. The predicted molar refractivity (Wildman–Crippen MR) is 75.0 cm³/mol. The molecule has 0 saturated carbocycles. The standard InChI is InChI=1S/C14H28N2O2/c1-12(2)11-17-7-5-15-9-14-10-16(13(3)4)6-8-18-14/h13-15H,1,5-11H2,2-4H3. The van der Waals surface area contributed by atoms with Crippen LogP contribution in [0.4, 0.5) is 0 Å². The molecule has 0 spiro atoms. The second-order valence-electron chi connectivity index (χ2n) is 5.30. The molecular formula is C14H28N2O2. The summed E-state index contributed by atoms with van der Waals surface area (Å²) >= 11 is 0. The van der Waals surface area contributed by atoms with Crippen molar-refractivity contribution in [3.63, 3.8) is 0 Å². The van der Waals surface area contributed by atoms with Crippen LogP contribution < -0.4 is 5.32 Å². The van der Waals surface area contributed by atoms with Crippen molar-refractivity contribution >= 4 is 0 Å². The summed E-state index contributed by atoms with van der Waals surface area (Å²) in [6, 6.07) is 0.607. The topological polar surface area (TPSA) is 33.7 Å². The lowest BCUT2D eigenvalue weighted by molar-refractivity contribution is -0.0375. The number of rotatable bonds is 8. The Labute approximate surface area is 111 Å². The molecule has 0 aromatic rings. The van der Waals surface area contributed by atoms with Gasteiger partial charge in [-0.15, -0.1) is 0 Å².